The molecule has 0 unspecified atom stereocenters. The highest BCUT2D eigenvalue weighted by Crippen LogP contribution is 2.41. The third-order valence-electron chi connectivity index (χ3n) is 5.60. The largest absolute Gasteiger partial charge is 0.444 e. The van der Waals surface area contributed by atoms with E-state index in [4.69, 9.17) is 27.9 Å². The number of aromatic nitrogens is 4. The fourth-order valence-electron chi connectivity index (χ4n) is 3.61. The number of hydrogen-bond donors (Lipinski definition) is 2. The number of thioether (sulfide) groups is 1. The smallest absolute Gasteiger partial charge is 0.408 e. The van der Waals surface area contributed by atoms with Crippen LogP contribution in [0.25, 0.3) is 5.69 Å². The summed E-state index contributed by atoms with van der Waals surface area (Å²) < 4.78 is 6.81. The summed E-state index contributed by atoms with van der Waals surface area (Å²) in [6, 6.07) is 10.9. The van der Waals surface area contributed by atoms with Crippen LogP contribution in [0.1, 0.15) is 64.5 Å². The third-order valence-corrected chi connectivity index (χ3v) is 7.13. The Morgan fingerprint density at radius 1 is 1.10 bits per heavy atom. The maximum Gasteiger partial charge on any atom is 0.408 e. The van der Waals surface area contributed by atoms with Crippen LogP contribution in [0.2, 0.25) is 10.0 Å². The second-order valence-electron chi connectivity index (χ2n) is 10.9. The van der Waals surface area contributed by atoms with Crippen molar-refractivity contribution < 1.29 is 14.3 Å². The molecule has 2 N–H and O–H groups in total. The summed E-state index contributed by atoms with van der Waals surface area (Å²) in [5.74, 6) is 6.37. The van der Waals surface area contributed by atoms with Gasteiger partial charge in [0.05, 0.1) is 32.7 Å². The second kappa shape index (κ2) is 12.1. The highest BCUT2D eigenvalue weighted by atomic mass is 35.5. The molecular weight excluding hydrogens is 571 g/mol. The number of tetrazole rings is 1. The van der Waals surface area contributed by atoms with Crippen molar-refractivity contribution in [2.45, 2.75) is 69.7 Å². The van der Waals surface area contributed by atoms with Crippen molar-refractivity contribution in [2.24, 2.45) is 0 Å². The highest BCUT2D eigenvalue weighted by Gasteiger charge is 2.25. The van der Waals surface area contributed by atoms with Crippen LogP contribution in [0, 0.1) is 11.8 Å². The van der Waals surface area contributed by atoms with E-state index in [1.54, 1.807) is 52.8 Å². The summed E-state index contributed by atoms with van der Waals surface area (Å²) in [5.41, 5.74) is 1.50. The molecule has 1 aliphatic carbocycles. The van der Waals surface area contributed by atoms with Crippen molar-refractivity contribution in [1.82, 2.24) is 25.5 Å². The summed E-state index contributed by atoms with van der Waals surface area (Å²) in [6.07, 6.45) is 1.81. The van der Waals surface area contributed by atoms with Gasteiger partial charge in [0.15, 0.2) is 0 Å². The van der Waals surface area contributed by atoms with E-state index in [1.165, 1.54) is 34.8 Å². The molecule has 2 amide bonds. The van der Waals surface area contributed by atoms with E-state index in [1.807, 2.05) is 18.2 Å². The number of rotatable bonds is 7. The topological polar surface area (TPSA) is 111 Å². The minimum atomic E-state index is -0.835. The number of hydrogen-bond acceptors (Lipinski definition) is 7. The van der Waals surface area contributed by atoms with Crippen molar-refractivity contribution in [3.05, 3.63) is 57.6 Å². The molecular formula is C28H30Cl2N6O3S. The van der Waals surface area contributed by atoms with Gasteiger partial charge in [0, 0.05) is 5.56 Å². The first-order chi connectivity index (χ1) is 18.8. The summed E-state index contributed by atoms with van der Waals surface area (Å²) in [4.78, 5) is 24.7. The summed E-state index contributed by atoms with van der Waals surface area (Å²) in [6.45, 7) is 8.91. The van der Waals surface area contributed by atoms with Crippen LogP contribution in [0.4, 0.5) is 10.5 Å². The second-order valence-corrected chi connectivity index (χ2v) is 12.6. The van der Waals surface area contributed by atoms with Crippen LogP contribution < -0.4 is 10.6 Å². The van der Waals surface area contributed by atoms with Crippen LogP contribution in [0.3, 0.4) is 0 Å². The van der Waals surface area contributed by atoms with Crippen molar-refractivity contribution in [3.63, 3.8) is 0 Å². The zero-order valence-corrected chi connectivity index (χ0v) is 25.2. The molecule has 1 fully saturated rings. The first-order valence-corrected chi connectivity index (χ1v) is 14.4. The number of nitrogens with zero attached hydrogens (tertiary/aromatic N) is 4. The van der Waals surface area contributed by atoms with Crippen LogP contribution in [-0.4, -0.2) is 49.1 Å². The van der Waals surface area contributed by atoms with Gasteiger partial charge in [0.2, 0.25) is 11.1 Å². The molecule has 1 aromatic heterocycles. The molecule has 0 saturated heterocycles. The Balaban J connectivity index is 1.34. The first-order valence-electron chi connectivity index (χ1n) is 12.6. The molecule has 1 heterocycles. The summed E-state index contributed by atoms with van der Waals surface area (Å²) in [7, 11) is 0. The normalized spacial score (nSPS) is 13.3. The molecule has 12 heteroatoms. The predicted molar refractivity (Wildman–Crippen MR) is 157 cm³/mol. The van der Waals surface area contributed by atoms with Crippen LogP contribution >= 0.6 is 35.0 Å². The fraction of sp³-hybridized carbons (Fsp3) is 0.393. The van der Waals surface area contributed by atoms with Crippen LogP contribution in [0.15, 0.2) is 41.6 Å². The Bertz CT molecular complexity index is 1490. The van der Waals surface area contributed by atoms with Crippen LogP contribution in [-0.2, 0) is 9.53 Å². The third kappa shape index (κ3) is 8.37. The van der Waals surface area contributed by atoms with Gasteiger partial charge in [-0.05, 0) is 99.7 Å². The van der Waals surface area contributed by atoms with E-state index in [-0.39, 0.29) is 11.7 Å². The average molecular weight is 602 g/mol. The number of alkyl carbamates (subject to hydrolysis) is 1. The van der Waals surface area contributed by atoms with E-state index >= 15 is 0 Å². The molecule has 0 aliphatic heterocycles. The van der Waals surface area contributed by atoms with E-state index in [9.17, 15) is 9.59 Å². The SMILES string of the molecule is CC(C)(C#Cc1ccc(NC(=O)CSc2nnnn2-c2ccc(C3CC3)cc2Cl)c(Cl)c1)NC(=O)OC(C)(C)C. The quantitative estimate of drug-likeness (QED) is 0.244. The molecule has 0 atom stereocenters. The van der Waals surface area contributed by atoms with Gasteiger partial charge in [0.1, 0.15) is 5.60 Å². The number of carbonyl (C=O) groups is 2. The van der Waals surface area contributed by atoms with Crippen molar-refractivity contribution in [3.8, 4) is 17.5 Å². The van der Waals surface area contributed by atoms with Crippen molar-refractivity contribution in [2.75, 3.05) is 11.1 Å². The number of benzene rings is 2. The van der Waals surface area contributed by atoms with Crippen LogP contribution in [0.5, 0.6) is 0 Å². The number of halogens is 2. The van der Waals surface area contributed by atoms with Crippen molar-refractivity contribution in [1.29, 1.82) is 0 Å². The summed E-state index contributed by atoms with van der Waals surface area (Å²) >= 11 is 14.1. The fourth-order valence-corrected chi connectivity index (χ4v) is 4.80. The molecule has 0 radical (unpaired) electrons. The van der Waals surface area contributed by atoms with Gasteiger partial charge in [-0.1, -0.05) is 52.9 Å². The van der Waals surface area contributed by atoms with Gasteiger partial charge in [0.25, 0.3) is 0 Å². The lowest BCUT2D eigenvalue weighted by Crippen LogP contribution is -2.44. The zero-order chi connectivity index (χ0) is 29.1. The molecule has 4 rings (SSSR count). The Morgan fingerprint density at radius 2 is 1.85 bits per heavy atom. The number of anilines is 1. The molecule has 40 heavy (non-hydrogen) atoms. The zero-order valence-electron chi connectivity index (χ0n) is 22.8. The van der Waals surface area contributed by atoms with Gasteiger partial charge < -0.3 is 15.4 Å². The van der Waals surface area contributed by atoms with Gasteiger partial charge >= 0.3 is 6.09 Å². The number of ether oxygens (including phenoxy) is 1. The molecule has 9 nitrogen and oxygen atoms in total. The first kappa shape index (κ1) is 29.7. The molecule has 210 valence electrons. The van der Waals surface area contributed by atoms with Gasteiger partial charge in [-0.15, -0.1) is 5.10 Å². The molecule has 0 bridgehead atoms. The Kier molecular flexibility index (Phi) is 8.98. The van der Waals surface area contributed by atoms with Gasteiger partial charge in [-0.3, -0.25) is 4.79 Å². The highest BCUT2D eigenvalue weighted by molar-refractivity contribution is 7.99. The Labute approximate surface area is 247 Å². The van der Waals surface area contributed by atoms with E-state index < -0.39 is 17.2 Å². The predicted octanol–water partition coefficient (Wildman–Crippen LogP) is 6.23. The lowest BCUT2D eigenvalue weighted by atomic mass is 10.1. The molecule has 0 spiro atoms. The average Bonchev–Trinajstić information content (AvgIpc) is 3.59. The molecule has 3 aromatic rings. The molecule has 1 saturated carbocycles. The minimum Gasteiger partial charge on any atom is -0.444 e. The lowest BCUT2D eigenvalue weighted by Gasteiger charge is -2.24. The minimum absolute atomic E-state index is 0.0561. The Hall–Kier alpha value is -3.26. The number of amides is 2. The number of carbonyl (C=O) groups excluding carboxylic acids is 2. The maximum atomic E-state index is 12.7. The lowest BCUT2D eigenvalue weighted by molar-refractivity contribution is -0.113. The monoisotopic (exact) mass is 600 g/mol. The van der Waals surface area contributed by atoms with E-state index in [2.05, 4.69) is 38.0 Å². The molecule has 1 aliphatic rings. The van der Waals surface area contributed by atoms with Gasteiger partial charge in [-0.25, -0.2) is 4.79 Å². The summed E-state index contributed by atoms with van der Waals surface area (Å²) in [5, 5.41) is 18.7. The maximum absolute atomic E-state index is 12.7. The van der Waals surface area contributed by atoms with Gasteiger partial charge in [-0.2, -0.15) is 4.68 Å². The van der Waals surface area contributed by atoms with E-state index in [0.29, 0.717) is 38.1 Å². The number of nitrogens with one attached hydrogen (secondary N) is 2. The van der Waals surface area contributed by atoms with Crippen molar-refractivity contribution >= 4 is 52.7 Å². The standard InChI is InChI=1S/C28H30Cl2N6O3S/c1-27(2,3)39-26(38)32-28(4,5)13-12-17-6-10-22(20(29)14-17)31-24(37)16-40-25-33-34-35-36(25)23-11-9-19(15-21(23)30)18-7-8-18/h6,9-11,14-15,18H,7-8,16H2,1-5H3,(H,31,37)(H,32,38). The van der Waals surface area contributed by atoms with E-state index in [0.717, 1.165) is 0 Å². The Morgan fingerprint density at radius 3 is 2.50 bits per heavy atom. The molecule has 2 aromatic carbocycles.